The lowest BCUT2D eigenvalue weighted by atomic mass is 9.95. The van der Waals surface area contributed by atoms with E-state index in [-0.39, 0.29) is 16.7 Å². The van der Waals surface area contributed by atoms with Crippen molar-refractivity contribution in [2.24, 2.45) is 0 Å². The molecule has 0 N–H and O–H groups in total. The topological polar surface area (TPSA) is 35.5 Å². The molecule has 0 amide bonds. The number of ketones is 1. The highest BCUT2D eigenvalue weighted by molar-refractivity contribution is 6.84. The van der Waals surface area contributed by atoms with Crippen molar-refractivity contribution in [3.8, 4) is 0 Å². The Bertz CT molecular complexity index is 422. The van der Waals surface area contributed by atoms with Crippen molar-refractivity contribution in [2.75, 3.05) is 0 Å². The molecule has 1 aliphatic heterocycles. The molecule has 0 bridgehead atoms. The van der Waals surface area contributed by atoms with Gasteiger partial charge in [0.05, 0.1) is 14.2 Å². The third-order valence-corrected chi connectivity index (χ3v) is 11.9. The fourth-order valence-electron chi connectivity index (χ4n) is 3.96. The largest absolute Gasteiger partial charge is 0.345 e. The van der Waals surface area contributed by atoms with E-state index < -0.39 is 19.5 Å². The Balaban J connectivity index is 2.48. The molecule has 20 heavy (non-hydrogen) atoms. The second-order valence-electron chi connectivity index (χ2n) is 8.59. The van der Waals surface area contributed by atoms with E-state index in [1.807, 2.05) is 13.8 Å². The summed E-state index contributed by atoms with van der Waals surface area (Å²) in [5.74, 6) is -0.185. The lowest BCUT2D eigenvalue weighted by molar-refractivity contribution is -0.162. The molecule has 3 atom stereocenters. The highest BCUT2D eigenvalue weighted by Crippen LogP contribution is 2.59. The van der Waals surface area contributed by atoms with Gasteiger partial charge in [0.15, 0.2) is 5.79 Å². The predicted molar refractivity (Wildman–Crippen MR) is 83.6 cm³/mol. The Morgan fingerprint density at radius 1 is 1.25 bits per heavy atom. The molecule has 116 valence electrons. The van der Waals surface area contributed by atoms with Gasteiger partial charge in [0.2, 0.25) is 0 Å². The van der Waals surface area contributed by atoms with E-state index in [2.05, 4.69) is 40.8 Å². The molecule has 4 heteroatoms. The van der Waals surface area contributed by atoms with Crippen LogP contribution in [0.15, 0.2) is 0 Å². The molecule has 0 aromatic carbocycles. The first-order chi connectivity index (χ1) is 8.83. The summed E-state index contributed by atoms with van der Waals surface area (Å²) in [5, 5.41) is 0.167. The maximum absolute atomic E-state index is 12.7. The zero-order chi connectivity index (χ0) is 15.6. The van der Waals surface area contributed by atoms with Gasteiger partial charge in [-0.1, -0.05) is 33.9 Å². The van der Waals surface area contributed by atoms with Gasteiger partial charge in [-0.25, -0.2) is 0 Å². The summed E-state index contributed by atoms with van der Waals surface area (Å²) in [6.45, 7) is 17.5. The van der Waals surface area contributed by atoms with Crippen LogP contribution in [-0.4, -0.2) is 31.3 Å². The van der Waals surface area contributed by atoms with E-state index in [9.17, 15) is 4.79 Å². The van der Waals surface area contributed by atoms with Crippen LogP contribution in [0.2, 0.25) is 23.7 Å². The summed E-state index contributed by atoms with van der Waals surface area (Å²) < 4.78 is 12.4. The Kier molecular flexibility index (Phi) is 3.56. The quantitative estimate of drug-likeness (QED) is 0.683. The third kappa shape index (κ3) is 2.20. The van der Waals surface area contributed by atoms with Crippen LogP contribution < -0.4 is 0 Å². The Morgan fingerprint density at radius 2 is 1.80 bits per heavy atom. The van der Waals surface area contributed by atoms with Gasteiger partial charge in [0, 0.05) is 12.0 Å². The monoisotopic (exact) mass is 298 g/mol. The molecular weight excluding hydrogens is 268 g/mol. The molecular formula is C16H30O3Si. The van der Waals surface area contributed by atoms with Crippen molar-refractivity contribution >= 4 is 13.9 Å². The zero-order valence-electron chi connectivity index (χ0n) is 14.3. The number of carbonyl (C=O) groups excluding carboxylic acids is 1. The van der Waals surface area contributed by atoms with Gasteiger partial charge in [-0.2, -0.15) is 0 Å². The molecule has 0 aromatic heterocycles. The SMILES string of the molecule is C[C@@H]1OC(C)(C)O[C@]12CCC(=O)[C@H]2[Si](C)(C)C(C)(C)C. The molecule has 0 unspecified atom stereocenters. The summed E-state index contributed by atoms with van der Waals surface area (Å²) in [6, 6.07) is 0. The average molecular weight is 298 g/mol. The van der Waals surface area contributed by atoms with Crippen molar-refractivity contribution in [2.45, 2.75) is 95.5 Å². The van der Waals surface area contributed by atoms with E-state index in [1.165, 1.54) is 0 Å². The third-order valence-electron chi connectivity index (χ3n) is 5.81. The summed E-state index contributed by atoms with van der Waals surface area (Å²) in [5.41, 5.74) is -0.365. The first-order valence-electron chi connectivity index (χ1n) is 7.74. The summed E-state index contributed by atoms with van der Waals surface area (Å²) in [4.78, 5) is 12.7. The van der Waals surface area contributed by atoms with E-state index in [0.717, 1.165) is 6.42 Å². The number of ether oxygens (including phenoxy) is 2. The second kappa shape index (κ2) is 4.40. The normalized spacial score (nSPS) is 37.9. The van der Waals surface area contributed by atoms with Gasteiger partial charge in [-0.05, 0) is 32.2 Å². The van der Waals surface area contributed by atoms with E-state index in [1.54, 1.807) is 0 Å². The number of hydrogen-bond acceptors (Lipinski definition) is 3. The van der Waals surface area contributed by atoms with Gasteiger partial charge in [-0.3, -0.25) is 4.79 Å². The first-order valence-corrected chi connectivity index (χ1v) is 10.8. The van der Waals surface area contributed by atoms with E-state index in [0.29, 0.717) is 12.2 Å². The van der Waals surface area contributed by atoms with Gasteiger partial charge in [0.25, 0.3) is 0 Å². The zero-order valence-corrected chi connectivity index (χ0v) is 15.3. The molecule has 1 heterocycles. The average Bonchev–Trinajstić information content (AvgIpc) is 2.64. The molecule has 2 aliphatic rings. The molecule has 2 rings (SSSR count). The van der Waals surface area contributed by atoms with Crippen molar-refractivity contribution in [1.82, 2.24) is 0 Å². The second-order valence-corrected chi connectivity index (χ2v) is 14.1. The minimum absolute atomic E-state index is 0.0110. The lowest BCUT2D eigenvalue weighted by Gasteiger charge is -2.47. The Labute approximate surface area is 124 Å². The highest BCUT2D eigenvalue weighted by atomic mass is 28.3. The molecule has 1 aliphatic carbocycles. The molecule has 0 radical (unpaired) electrons. The maximum atomic E-state index is 12.7. The van der Waals surface area contributed by atoms with Crippen LogP contribution in [0.4, 0.5) is 0 Å². The molecule has 1 saturated heterocycles. The molecule has 3 nitrogen and oxygen atoms in total. The number of Topliss-reactive ketones (excluding diaryl/α,β-unsaturated/α-hetero) is 1. The number of carbonyl (C=O) groups is 1. The van der Waals surface area contributed by atoms with Crippen LogP contribution >= 0.6 is 0 Å². The fourth-order valence-corrected chi connectivity index (χ4v) is 7.44. The lowest BCUT2D eigenvalue weighted by Crippen LogP contribution is -2.55. The number of rotatable bonds is 1. The molecule has 1 spiro atoms. The van der Waals surface area contributed by atoms with Crippen molar-refractivity contribution in [1.29, 1.82) is 0 Å². The maximum Gasteiger partial charge on any atom is 0.164 e. The Morgan fingerprint density at radius 3 is 2.20 bits per heavy atom. The molecule has 1 saturated carbocycles. The van der Waals surface area contributed by atoms with Crippen LogP contribution in [0.5, 0.6) is 0 Å². The van der Waals surface area contributed by atoms with Crippen molar-refractivity contribution in [3.05, 3.63) is 0 Å². The van der Waals surface area contributed by atoms with Crippen LogP contribution in [0.3, 0.4) is 0 Å². The van der Waals surface area contributed by atoms with Gasteiger partial charge in [-0.15, -0.1) is 0 Å². The van der Waals surface area contributed by atoms with Gasteiger partial charge in [0.1, 0.15) is 11.4 Å². The van der Waals surface area contributed by atoms with Gasteiger partial charge >= 0.3 is 0 Å². The van der Waals surface area contributed by atoms with Crippen LogP contribution in [-0.2, 0) is 14.3 Å². The van der Waals surface area contributed by atoms with Crippen molar-refractivity contribution in [3.63, 3.8) is 0 Å². The number of hydrogen-bond donors (Lipinski definition) is 0. The predicted octanol–water partition coefficient (Wildman–Crippen LogP) is 4.14. The summed E-state index contributed by atoms with van der Waals surface area (Å²) in [6.07, 6.45) is 1.44. The minimum atomic E-state index is -1.83. The molecule has 0 aromatic rings. The Hall–Kier alpha value is -0.193. The van der Waals surface area contributed by atoms with E-state index >= 15 is 0 Å². The first kappa shape index (κ1) is 16.2. The highest BCUT2D eigenvalue weighted by Gasteiger charge is 2.66. The summed E-state index contributed by atoms with van der Waals surface area (Å²) in [7, 11) is -1.83. The standard InChI is InChI=1S/C16H30O3Si/c1-11-16(19-15(5,6)18-11)10-9-12(17)13(16)20(7,8)14(2,3)4/h11,13H,9-10H2,1-8H3/t11-,13+,16+/m0/s1. The molecule has 2 fully saturated rings. The van der Waals surface area contributed by atoms with Crippen molar-refractivity contribution < 1.29 is 14.3 Å². The van der Waals surface area contributed by atoms with Crippen LogP contribution in [0.1, 0.15) is 54.4 Å². The summed E-state index contributed by atoms with van der Waals surface area (Å²) >= 11 is 0. The van der Waals surface area contributed by atoms with E-state index in [4.69, 9.17) is 9.47 Å². The van der Waals surface area contributed by atoms with Crippen LogP contribution in [0, 0.1) is 0 Å². The fraction of sp³-hybridized carbons (Fsp3) is 0.938. The smallest absolute Gasteiger partial charge is 0.164 e. The minimum Gasteiger partial charge on any atom is -0.345 e. The van der Waals surface area contributed by atoms with Crippen LogP contribution in [0.25, 0.3) is 0 Å². The van der Waals surface area contributed by atoms with Gasteiger partial charge < -0.3 is 9.47 Å².